The molecule has 7 heteroatoms. The first-order valence-corrected chi connectivity index (χ1v) is 9.23. The van der Waals surface area contributed by atoms with Crippen LogP contribution in [0.3, 0.4) is 0 Å². The Morgan fingerprint density at radius 1 is 1.30 bits per heavy atom. The first-order chi connectivity index (χ1) is 13.1. The highest BCUT2D eigenvalue weighted by molar-refractivity contribution is 7.99. The van der Waals surface area contributed by atoms with Crippen LogP contribution in [0.2, 0.25) is 0 Å². The van der Waals surface area contributed by atoms with Crippen molar-refractivity contribution < 1.29 is 14.6 Å². The van der Waals surface area contributed by atoms with E-state index in [1.54, 1.807) is 12.1 Å². The van der Waals surface area contributed by atoms with E-state index in [0.717, 1.165) is 21.5 Å². The minimum Gasteiger partial charge on any atom is -0.504 e. The molecule has 1 amide bonds. The second-order valence-corrected chi connectivity index (χ2v) is 6.80. The van der Waals surface area contributed by atoms with Gasteiger partial charge in [0.25, 0.3) is 0 Å². The van der Waals surface area contributed by atoms with E-state index in [-0.39, 0.29) is 17.4 Å². The second kappa shape index (κ2) is 8.55. The van der Waals surface area contributed by atoms with Crippen LogP contribution in [0.15, 0.2) is 58.7 Å². The number of aromatic hydroxyl groups is 1. The highest BCUT2D eigenvalue weighted by Crippen LogP contribution is 2.25. The standard InChI is InChI=1S/C20H19N3O3S/c1-13-9-20(22-16-6-4-3-5-15(13)16)27-12-19(25)23-21-11-14-7-8-17(24)18(10-14)26-2/h3-11,24H,12H2,1-2H3,(H,23,25). The number of nitrogens with zero attached hydrogens (tertiary/aromatic N) is 2. The van der Waals surface area contributed by atoms with Crippen molar-refractivity contribution in [3.05, 3.63) is 59.7 Å². The Bertz CT molecular complexity index is 1000. The van der Waals surface area contributed by atoms with Gasteiger partial charge in [-0.3, -0.25) is 4.79 Å². The molecule has 3 rings (SSSR count). The Morgan fingerprint density at radius 2 is 2.11 bits per heavy atom. The summed E-state index contributed by atoms with van der Waals surface area (Å²) in [5.74, 6) is 0.377. The fourth-order valence-electron chi connectivity index (χ4n) is 2.52. The average molecular weight is 381 g/mol. The van der Waals surface area contributed by atoms with Gasteiger partial charge < -0.3 is 9.84 Å². The first kappa shape index (κ1) is 18.7. The molecule has 0 atom stereocenters. The number of hydrogen-bond donors (Lipinski definition) is 2. The van der Waals surface area contributed by atoms with Gasteiger partial charge in [-0.2, -0.15) is 5.10 Å². The SMILES string of the molecule is COc1cc(C=NNC(=O)CSc2cc(C)c3ccccc3n2)ccc1O. The zero-order valence-electron chi connectivity index (χ0n) is 15.0. The lowest BCUT2D eigenvalue weighted by Crippen LogP contribution is -2.19. The summed E-state index contributed by atoms with van der Waals surface area (Å²) >= 11 is 1.36. The van der Waals surface area contributed by atoms with Crippen LogP contribution in [-0.2, 0) is 4.79 Å². The maximum absolute atomic E-state index is 12.0. The molecule has 3 aromatic rings. The number of hydrazone groups is 1. The highest BCUT2D eigenvalue weighted by Gasteiger charge is 2.06. The van der Waals surface area contributed by atoms with E-state index in [1.807, 2.05) is 37.3 Å². The van der Waals surface area contributed by atoms with Crippen molar-refractivity contribution in [3.8, 4) is 11.5 Å². The zero-order chi connectivity index (χ0) is 19.2. The molecule has 138 valence electrons. The number of phenols is 1. The number of thioether (sulfide) groups is 1. The number of aromatic nitrogens is 1. The summed E-state index contributed by atoms with van der Waals surface area (Å²) in [6, 6.07) is 14.7. The van der Waals surface area contributed by atoms with Crippen LogP contribution in [0, 0.1) is 6.92 Å². The normalized spacial score (nSPS) is 11.0. The number of phenolic OH excluding ortho intramolecular Hbond substituents is 1. The zero-order valence-corrected chi connectivity index (χ0v) is 15.8. The molecule has 1 aromatic heterocycles. The maximum Gasteiger partial charge on any atom is 0.250 e. The quantitative estimate of drug-likeness (QED) is 0.388. The number of nitrogens with one attached hydrogen (secondary N) is 1. The molecule has 2 aromatic carbocycles. The number of pyridine rings is 1. The smallest absolute Gasteiger partial charge is 0.250 e. The molecule has 0 bridgehead atoms. The lowest BCUT2D eigenvalue weighted by molar-refractivity contribution is -0.118. The van der Waals surface area contributed by atoms with Crippen LogP contribution < -0.4 is 10.2 Å². The van der Waals surface area contributed by atoms with Crippen molar-refractivity contribution >= 4 is 34.8 Å². The molecule has 0 radical (unpaired) electrons. The van der Waals surface area contributed by atoms with Crippen LogP contribution >= 0.6 is 11.8 Å². The molecule has 6 nitrogen and oxygen atoms in total. The highest BCUT2D eigenvalue weighted by atomic mass is 32.2. The largest absolute Gasteiger partial charge is 0.504 e. The Labute approximate surface area is 161 Å². The number of ether oxygens (including phenoxy) is 1. The third-order valence-electron chi connectivity index (χ3n) is 3.86. The number of amides is 1. The summed E-state index contributed by atoms with van der Waals surface area (Å²) in [4.78, 5) is 16.6. The van der Waals surface area contributed by atoms with Gasteiger partial charge in [-0.15, -0.1) is 0 Å². The molecule has 0 saturated carbocycles. The minimum atomic E-state index is -0.227. The molecule has 0 saturated heterocycles. The minimum absolute atomic E-state index is 0.0493. The molecule has 27 heavy (non-hydrogen) atoms. The average Bonchev–Trinajstić information content (AvgIpc) is 2.68. The predicted octanol–water partition coefficient (Wildman–Crippen LogP) is 3.50. The molecule has 0 aliphatic heterocycles. The molecule has 0 fully saturated rings. The van der Waals surface area contributed by atoms with E-state index in [1.165, 1.54) is 31.2 Å². The number of para-hydroxylation sites is 1. The Hall–Kier alpha value is -3.06. The van der Waals surface area contributed by atoms with Crippen molar-refractivity contribution in [2.75, 3.05) is 12.9 Å². The molecular weight excluding hydrogens is 362 g/mol. The molecule has 0 unspecified atom stereocenters. The van der Waals surface area contributed by atoms with Gasteiger partial charge in [0.2, 0.25) is 5.91 Å². The van der Waals surface area contributed by atoms with Crippen LogP contribution in [0.1, 0.15) is 11.1 Å². The number of fused-ring (bicyclic) bond motifs is 1. The van der Waals surface area contributed by atoms with Gasteiger partial charge in [0, 0.05) is 5.39 Å². The van der Waals surface area contributed by atoms with Crippen molar-refractivity contribution in [2.24, 2.45) is 5.10 Å². The first-order valence-electron chi connectivity index (χ1n) is 8.25. The van der Waals surface area contributed by atoms with Gasteiger partial charge in [-0.05, 0) is 48.4 Å². The van der Waals surface area contributed by atoms with Gasteiger partial charge in [0.1, 0.15) is 0 Å². The fourth-order valence-corrected chi connectivity index (χ4v) is 3.28. The monoisotopic (exact) mass is 381 g/mol. The van der Waals surface area contributed by atoms with E-state index in [0.29, 0.717) is 11.3 Å². The summed E-state index contributed by atoms with van der Waals surface area (Å²) in [5, 5.41) is 15.4. The number of aryl methyl sites for hydroxylation is 1. The Kier molecular flexibility index (Phi) is 5.93. The molecule has 0 aliphatic rings. The van der Waals surface area contributed by atoms with Gasteiger partial charge in [-0.25, -0.2) is 10.4 Å². The van der Waals surface area contributed by atoms with Gasteiger partial charge in [-0.1, -0.05) is 30.0 Å². The lowest BCUT2D eigenvalue weighted by atomic mass is 10.1. The summed E-state index contributed by atoms with van der Waals surface area (Å²) in [7, 11) is 1.47. The fraction of sp³-hybridized carbons (Fsp3) is 0.150. The van der Waals surface area contributed by atoms with Gasteiger partial charge >= 0.3 is 0 Å². The number of carbonyl (C=O) groups excluding carboxylic acids is 1. The molecule has 0 spiro atoms. The Morgan fingerprint density at radius 3 is 2.93 bits per heavy atom. The molecule has 1 heterocycles. The van der Waals surface area contributed by atoms with Crippen molar-refractivity contribution in [1.29, 1.82) is 0 Å². The summed E-state index contributed by atoms with van der Waals surface area (Å²) < 4.78 is 5.03. The predicted molar refractivity (Wildman–Crippen MR) is 108 cm³/mol. The van der Waals surface area contributed by atoms with E-state index < -0.39 is 0 Å². The number of benzene rings is 2. The molecule has 2 N–H and O–H groups in total. The third kappa shape index (κ3) is 4.77. The van der Waals surface area contributed by atoms with Crippen LogP contribution in [-0.4, -0.2) is 35.1 Å². The second-order valence-electron chi connectivity index (χ2n) is 5.81. The topological polar surface area (TPSA) is 83.8 Å². The van der Waals surface area contributed by atoms with Crippen molar-refractivity contribution in [1.82, 2.24) is 10.4 Å². The van der Waals surface area contributed by atoms with Crippen molar-refractivity contribution in [3.63, 3.8) is 0 Å². The van der Waals surface area contributed by atoms with Crippen LogP contribution in [0.25, 0.3) is 10.9 Å². The number of methoxy groups -OCH3 is 1. The summed E-state index contributed by atoms with van der Waals surface area (Å²) in [6.45, 7) is 2.03. The number of carbonyl (C=O) groups is 1. The van der Waals surface area contributed by atoms with Crippen LogP contribution in [0.5, 0.6) is 11.5 Å². The summed E-state index contributed by atoms with van der Waals surface area (Å²) in [6.07, 6.45) is 1.49. The third-order valence-corrected chi connectivity index (χ3v) is 4.77. The molecule has 0 aliphatic carbocycles. The van der Waals surface area contributed by atoms with Gasteiger partial charge in [0.15, 0.2) is 11.5 Å². The number of rotatable bonds is 6. The molecular formula is C20H19N3O3S. The van der Waals surface area contributed by atoms with E-state index >= 15 is 0 Å². The van der Waals surface area contributed by atoms with Gasteiger partial charge in [0.05, 0.1) is 29.6 Å². The van der Waals surface area contributed by atoms with E-state index in [9.17, 15) is 9.90 Å². The Balaban J connectivity index is 1.57. The van der Waals surface area contributed by atoms with Crippen molar-refractivity contribution in [2.45, 2.75) is 11.9 Å². The van der Waals surface area contributed by atoms with E-state index in [2.05, 4.69) is 15.5 Å². The summed E-state index contributed by atoms with van der Waals surface area (Å²) in [5.41, 5.74) is 5.23. The van der Waals surface area contributed by atoms with E-state index in [4.69, 9.17) is 4.74 Å². The maximum atomic E-state index is 12.0. The number of hydrogen-bond acceptors (Lipinski definition) is 6. The van der Waals surface area contributed by atoms with Crippen LogP contribution in [0.4, 0.5) is 0 Å². The lowest BCUT2D eigenvalue weighted by Gasteiger charge is -2.06.